The number of anilines is 1. The van der Waals surface area contributed by atoms with Crippen LogP contribution in [0.5, 0.6) is 0 Å². The number of halogens is 8. The fourth-order valence-electron chi connectivity index (χ4n) is 7.08. The third-order valence-corrected chi connectivity index (χ3v) is 13.2. The van der Waals surface area contributed by atoms with Gasteiger partial charge in [-0.3, -0.25) is 14.5 Å². The van der Waals surface area contributed by atoms with Crippen LogP contribution in [0.2, 0.25) is 5.02 Å². The Bertz CT molecular complexity index is 2550. The van der Waals surface area contributed by atoms with E-state index in [2.05, 4.69) is 27.2 Å². The minimum Gasteiger partial charge on any atom is -0.394 e. The number of nitrogens with zero attached hydrogens (tertiary/aromatic N) is 4. The Morgan fingerprint density at radius 1 is 1.10 bits per heavy atom. The summed E-state index contributed by atoms with van der Waals surface area (Å²) in [5, 5.41) is 6.96. The molecule has 2 atom stereocenters. The fraction of sp³-hybridized carbons (Fsp3) is 0.385. The second-order valence-electron chi connectivity index (χ2n) is 14.9. The molecular weight excluding hydrogens is 815 g/mol. The lowest BCUT2D eigenvalue weighted by molar-refractivity contribution is -0.120. The molecule has 1 unspecified atom stereocenters. The van der Waals surface area contributed by atoms with Gasteiger partial charge in [0.1, 0.15) is 40.0 Å². The molecule has 6 rings (SSSR count). The number of rotatable bonds is 9. The molecular formula is C39H37ClF7N7O3S. The first kappa shape index (κ1) is 42.5. The van der Waals surface area contributed by atoms with Crippen molar-refractivity contribution in [2.45, 2.75) is 74.6 Å². The van der Waals surface area contributed by atoms with Crippen molar-refractivity contribution < 1.29 is 43.9 Å². The van der Waals surface area contributed by atoms with Gasteiger partial charge in [0.05, 0.1) is 32.9 Å². The van der Waals surface area contributed by atoms with E-state index >= 15 is 8.78 Å². The van der Waals surface area contributed by atoms with Crippen molar-refractivity contribution >= 4 is 49.8 Å². The first-order valence-corrected chi connectivity index (χ1v) is 19.8. The van der Waals surface area contributed by atoms with E-state index in [-0.39, 0.29) is 39.8 Å². The summed E-state index contributed by atoms with van der Waals surface area (Å²) in [4.78, 5) is 22.1. The van der Waals surface area contributed by atoms with Gasteiger partial charge in [-0.15, -0.1) is 0 Å². The number of hydrogen-bond acceptors (Lipinski definition) is 8. The number of sulfone groups is 1. The molecule has 2 aromatic carbocycles. The van der Waals surface area contributed by atoms with E-state index in [4.69, 9.17) is 28.1 Å². The second kappa shape index (κ2) is 15.2. The highest BCUT2D eigenvalue weighted by Gasteiger charge is 2.52. The molecule has 2 heterocycles. The predicted octanol–water partition coefficient (Wildman–Crippen LogP) is 7.15. The number of aryl methyl sites for hydroxylation is 1. The number of pyridine rings is 1. The molecule has 4 aromatic rings. The number of nitrogens with two attached hydrogens (primary N) is 2. The highest BCUT2D eigenvalue weighted by Crippen LogP contribution is 2.44. The van der Waals surface area contributed by atoms with E-state index in [9.17, 15) is 35.2 Å². The number of alkyl halides is 5. The van der Waals surface area contributed by atoms with Crippen LogP contribution in [-0.2, 0) is 28.1 Å². The lowest BCUT2D eigenvalue weighted by atomic mass is 9.93. The third-order valence-electron chi connectivity index (χ3n) is 10.0. The van der Waals surface area contributed by atoms with Gasteiger partial charge in [0, 0.05) is 36.2 Å². The Balaban J connectivity index is 1.51. The lowest BCUT2D eigenvalue weighted by Crippen LogP contribution is -2.34. The Morgan fingerprint density at radius 3 is 2.36 bits per heavy atom. The SMILES string of the molecule is C[C@H]1CC(F)(F)C(=NCC(=O)NC(Cc2cc(F)cc(F)c2)c2nc(C#CC(C)(C)S(=O)(=O)C3CC3)ccc2-c2ccc(Cl)c3c(N)nn(C)c23)C1=C(N)C(F)(F)F. The highest BCUT2D eigenvalue weighted by atomic mass is 35.5. The van der Waals surface area contributed by atoms with Gasteiger partial charge in [0.15, 0.2) is 15.7 Å². The average molecular weight is 852 g/mol. The van der Waals surface area contributed by atoms with Crippen LogP contribution < -0.4 is 16.8 Å². The zero-order valence-corrected chi connectivity index (χ0v) is 33.0. The van der Waals surface area contributed by atoms with Crippen LogP contribution in [0.25, 0.3) is 22.0 Å². The maximum absolute atomic E-state index is 15.1. The molecule has 2 saturated carbocycles. The molecule has 0 bridgehead atoms. The summed E-state index contributed by atoms with van der Waals surface area (Å²) >= 11 is 6.50. The van der Waals surface area contributed by atoms with Crippen molar-refractivity contribution in [2.24, 2.45) is 23.7 Å². The normalized spacial score (nSPS) is 19.2. The van der Waals surface area contributed by atoms with E-state index in [0.717, 1.165) is 19.1 Å². The number of carbonyl (C=O) groups is 1. The molecule has 0 aliphatic heterocycles. The molecule has 5 N–H and O–H groups in total. The van der Waals surface area contributed by atoms with Crippen molar-refractivity contribution in [3.8, 4) is 23.0 Å². The standard InChI is InChI=1S/C39H37ClF7N7O3S/c1-19-17-38(43,44)35(30(19)34(48)39(45,46)47)50-18-29(55)52-28(15-20-13-21(41)16-22(42)14-20)32-25(26-9-10-27(40)31-33(26)54(4)53-36(31)49)8-5-23(51-32)11-12-37(2,3)58(56,57)24-6-7-24/h5,8-10,13-14,16,19,24,28H,6-7,15,17-18,48H2,1-4H3,(H2,49,53)(H,52,55)/t19-,28?/m0/s1. The molecule has 0 spiro atoms. The van der Waals surface area contributed by atoms with Gasteiger partial charge < -0.3 is 16.8 Å². The number of hydrogen-bond donors (Lipinski definition) is 3. The molecule has 308 valence electrons. The second-order valence-corrected chi connectivity index (χ2v) is 18.0. The zero-order valence-electron chi connectivity index (χ0n) is 31.4. The maximum Gasteiger partial charge on any atom is 0.431 e. The van der Waals surface area contributed by atoms with Crippen molar-refractivity contribution in [2.75, 3.05) is 12.3 Å². The quantitative estimate of drug-likeness (QED) is 0.119. The van der Waals surface area contributed by atoms with E-state index < -0.39 is 91.4 Å². The molecule has 0 radical (unpaired) electrons. The maximum atomic E-state index is 15.1. The van der Waals surface area contributed by atoms with Gasteiger partial charge in [-0.25, -0.2) is 22.2 Å². The Kier molecular flexibility index (Phi) is 11.1. The summed E-state index contributed by atoms with van der Waals surface area (Å²) < 4.78 is 126. The summed E-state index contributed by atoms with van der Waals surface area (Å²) in [6, 6.07) is 7.45. The van der Waals surface area contributed by atoms with Crippen LogP contribution in [0.1, 0.15) is 63.0 Å². The number of aliphatic imine (C=N–C) groups is 1. The number of amides is 1. The summed E-state index contributed by atoms with van der Waals surface area (Å²) in [6.45, 7) is 2.95. The summed E-state index contributed by atoms with van der Waals surface area (Å²) in [5.74, 6) is -2.52. The van der Waals surface area contributed by atoms with Crippen molar-refractivity contribution in [1.29, 1.82) is 0 Å². The van der Waals surface area contributed by atoms with Gasteiger partial charge in [0.2, 0.25) is 5.91 Å². The number of nitrogens with one attached hydrogen (secondary N) is 1. The minimum atomic E-state index is -5.16. The van der Waals surface area contributed by atoms with Gasteiger partial charge in [-0.2, -0.15) is 27.1 Å². The molecule has 1 amide bonds. The van der Waals surface area contributed by atoms with Crippen LogP contribution in [0.15, 0.2) is 58.7 Å². The monoisotopic (exact) mass is 851 g/mol. The Morgan fingerprint density at radius 2 is 1.74 bits per heavy atom. The van der Waals surface area contributed by atoms with Gasteiger partial charge in [-0.1, -0.05) is 30.5 Å². The van der Waals surface area contributed by atoms with Crippen LogP contribution in [0, 0.1) is 29.4 Å². The number of fused-ring (bicyclic) bond motifs is 1. The van der Waals surface area contributed by atoms with Gasteiger partial charge in [0.25, 0.3) is 5.92 Å². The first-order valence-electron chi connectivity index (χ1n) is 17.8. The van der Waals surface area contributed by atoms with E-state index in [1.54, 1.807) is 19.2 Å². The molecule has 2 aliphatic rings. The van der Waals surface area contributed by atoms with Crippen LogP contribution in [-0.4, -0.2) is 63.4 Å². The van der Waals surface area contributed by atoms with Gasteiger partial charge in [-0.05, 0) is 80.8 Å². The Labute approximate surface area is 333 Å². The van der Waals surface area contributed by atoms with Crippen molar-refractivity contribution in [3.05, 3.63) is 87.3 Å². The molecule has 58 heavy (non-hydrogen) atoms. The molecule has 19 heteroatoms. The summed E-state index contributed by atoms with van der Waals surface area (Å²) in [6.07, 6.45) is -5.54. The topological polar surface area (TPSA) is 158 Å². The number of carbonyl (C=O) groups excluding carboxylic acids is 1. The number of nitrogen functional groups attached to an aromatic ring is 1. The van der Waals surface area contributed by atoms with Crippen molar-refractivity contribution in [1.82, 2.24) is 20.1 Å². The molecule has 2 aromatic heterocycles. The van der Waals surface area contributed by atoms with E-state index in [1.165, 1.54) is 30.7 Å². The molecule has 10 nitrogen and oxygen atoms in total. The predicted molar refractivity (Wildman–Crippen MR) is 206 cm³/mol. The van der Waals surface area contributed by atoms with E-state index in [1.807, 2.05) is 0 Å². The van der Waals surface area contributed by atoms with Crippen molar-refractivity contribution in [3.63, 3.8) is 0 Å². The Hall–Kier alpha value is -5.15. The zero-order chi connectivity index (χ0) is 42.7. The van der Waals surface area contributed by atoms with Crippen LogP contribution >= 0.6 is 11.6 Å². The van der Waals surface area contributed by atoms with Crippen LogP contribution in [0.4, 0.5) is 36.6 Å². The summed E-state index contributed by atoms with van der Waals surface area (Å²) in [5.41, 5.74) is 8.63. The minimum absolute atomic E-state index is 0.00504. The molecule has 2 aliphatic carbocycles. The third kappa shape index (κ3) is 8.37. The fourth-order valence-corrected chi connectivity index (χ4v) is 9.11. The van der Waals surface area contributed by atoms with E-state index in [0.29, 0.717) is 35.4 Å². The number of aromatic nitrogens is 3. The number of allylic oxidation sites excluding steroid dienone is 2. The van der Waals surface area contributed by atoms with Gasteiger partial charge >= 0.3 is 6.18 Å². The highest BCUT2D eigenvalue weighted by molar-refractivity contribution is 7.93. The van der Waals surface area contributed by atoms with Crippen LogP contribution in [0.3, 0.4) is 0 Å². The largest absolute Gasteiger partial charge is 0.431 e. The smallest absolute Gasteiger partial charge is 0.394 e. The lowest BCUT2D eigenvalue weighted by Gasteiger charge is -2.23. The first-order chi connectivity index (χ1) is 26.9. The summed E-state index contributed by atoms with van der Waals surface area (Å²) in [7, 11) is -2.06. The molecule has 0 saturated heterocycles. The molecule has 2 fully saturated rings. The number of benzene rings is 2. The average Bonchev–Trinajstić information content (AvgIpc) is 3.89.